The molecule has 0 aliphatic carbocycles. The van der Waals surface area contributed by atoms with Crippen molar-refractivity contribution < 1.29 is 10.0 Å². The van der Waals surface area contributed by atoms with Crippen molar-refractivity contribution in [1.29, 1.82) is 0 Å². The molecule has 0 spiro atoms. The zero-order chi connectivity index (χ0) is 14.1. The van der Waals surface area contributed by atoms with E-state index in [0.717, 1.165) is 5.56 Å². The smallest absolute Gasteiger partial charge is 0.305 e. The van der Waals surface area contributed by atoms with Crippen LogP contribution in [0.5, 0.6) is 0 Å². The number of nitrogens with zero attached hydrogens (tertiary/aromatic N) is 6. The van der Waals surface area contributed by atoms with Crippen LogP contribution in [0.15, 0.2) is 30.9 Å². The summed E-state index contributed by atoms with van der Waals surface area (Å²) in [6.45, 7) is 0.400. The normalized spacial score (nSPS) is 11.1. The number of hydrogen-bond acceptors (Lipinski definition) is 6. The van der Waals surface area contributed by atoms with Gasteiger partial charge in [0.25, 0.3) is 0 Å². The van der Waals surface area contributed by atoms with Crippen LogP contribution in [0.25, 0.3) is 16.9 Å². The molecule has 3 rings (SSSR count). The average Bonchev–Trinajstić information content (AvgIpc) is 3.03. The summed E-state index contributed by atoms with van der Waals surface area (Å²) in [6.07, 6.45) is 5.86. The molecule has 0 amide bonds. The minimum absolute atomic E-state index is 0.0000360. The van der Waals surface area contributed by atoms with Crippen LogP contribution >= 0.6 is 0 Å². The van der Waals surface area contributed by atoms with E-state index in [2.05, 4.69) is 15.2 Å². The zero-order valence-electron chi connectivity index (χ0n) is 10.2. The Balaban J connectivity index is 2.01. The van der Waals surface area contributed by atoms with Gasteiger partial charge < -0.3 is 5.11 Å². The highest BCUT2D eigenvalue weighted by atomic mass is 16.6. The van der Waals surface area contributed by atoms with Gasteiger partial charge in [-0.15, -0.1) is 0 Å². The van der Waals surface area contributed by atoms with Crippen molar-refractivity contribution in [3.63, 3.8) is 0 Å². The maximum atomic E-state index is 10.7. The average molecular weight is 274 g/mol. The van der Waals surface area contributed by atoms with Gasteiger partial charge in [0.2, 0.25) is 0 Å². The maximum Gasteiger partial charge on any atom is 0.305 e. The van der Waals surface area contributed by atoms with Gasteiger partial charge in [-0.3, -0.25) is 14.8 Å². The molecular weight excluding hydrogens is 264 g/mol. The van der Waals surface area contributed by atoms with Crippen molar-refractivity contribution >= 4 is 11.3 Å². The number of aliphatic hydroxyl groups is 1. The first kappa shape index (κ1) is 12.2. The lowest BCUT2D eigenvalue weighted by molar-refractivity contribution is -0.385. The Morgan fingerprint density at radius 2 is 2.20 bits per heavy atom. The molecule has 0 unspecified atom stereocenters. The third-order valence-corrected chi connectivity index (χ3v) is 2.77. The molecule has 0 fully saturated rings. The molecule has 20 heavy (non-hydrogen) atoms. The summed E-state index contributed by atoms with van der Waals surface area (Å²) < 4.78 is 2.95. The third kappa shape index (κ3) is 2.10. The lowest BCUT2D eigenvalue weighted by atomic mass is 10.3. The summed E-state index contributed by atoms with van der Waals surface area (Å²) in [5.74, 6) is 0. The largest absolute Gasteiger partial charge is 0.394 e. The molecular formula is C11H10N6O3. The SMILES string of the molecule is O=[N+]([O-])c1cnc2cc(-c3cnn(CCO)c3)nn2c1. The zero-order valence-corrected chi connectivity index (χ0v) is 10.2. The van der Waals surface area contributed by atoms with Gasteiger partial charge in [0, 0.05) is 17.8 Å². The predicted octanol–water partition coefficient (Wildman–Crippen LogP) is 0.493. The van der Waals surface area contributed by atoms with E-state index in [1.807, 2.05) is 0 Å². The first-order valence-corrected chi connectivity index (χ1v) is 5.81. The van der Waals surface area contributed by atoms with Gasteiger partial charge in [0.05, 0.1) is 30.0 Å². The molecule has 0 aliphatic heterocycles. The Kier molecular flexibility index (Phi) is 2.88. The monoisotopic (exact) mass is 274 g/mol. The van der Waals surface area contributed by atoms with Crippen LogP contribution < -0.4 is 0 Å². The number of aromatic nitrogens is 5. The van der Waals surface area contributed by atoms with Crippen LogP contribution in [0.4, 0.5) is 5.69 Å². The van der Waals surface area contributed by atoms with E-state index in [1.54, 1.807) is 23.1 Å². The van der Waals surface area contributed by atoms with E-state index in [1.165, 1.54) is 16.9 Å². The van der Waals surface area contributed by atoms with Gasteiger partial charge in [-0.05, 0) is 0 Å². The van der Waals surface area contributed by atoms with Crippen molar-refractivity contribution in [1.82, 2.24) is 24.4 Å². The Morgan fingerprint density at radius 3 is 2.95 bits per heavy atom. The molecule has 3 aromatic rings. The fourth-order valence-electron chi connectivity index (χ4n) is 1.82. The van der Waals surface area contributed by atoms with Crippen molar-refractivity contribution in [3.05, 3.63) is 41.0 Å². The van der Waals surface area contributed by atoms with Crippen molar-refractivity contribution in [2.45, 2.75) is 6.54 Å². The summed E-state index contributed by atoms with van der Waals surface area (Å²) in [4.78, 5) is 14.1. The first-order chi connectivity index (χ1) is 9.67. The molecule has 0 saturated carbocycles. The van der Waals surface area contributed by atoms with Crippen LogP contribution in [0, 0.1) is 10.1 Å². The number of nitro groups is 1. The lowest BCUT2D eigenvalue weighted by Crippen LogP contribution is -2.01. The minimum Gasteiger partial charge on any atom is -0.394 e. The fraction of sp³-hybridized carbons (Fsp3) is 0.182. The number of aliphatic hydroxyl groups excluding tert-OH is 1. The quantitative estimate of drug-likeness (QED) is 0.547. The summed E-state index contributed by atoms with van der Waals surface area (Å²) in [5.41, 5.74) is 1.76. The first-order valence-electron chi connectivity index (χ1n) is 5.81. The van der Waals surface area contributed by atoms with Crippen LogP contribution in [-0.4, -0.2) is 41.0 Å². The summed E-state index contributed by atoms with van der Waals surface area (Å²) >= 11 is 0. The molecule has 0 radical (unpaired) electrons. The van der Waals surface area contributed by atoms with Gasteiger partial charge in [-0.2, -0.15) is 10.2 Å². The van der Waals surface area contributed by atoms with Crippen molar-refractivity contribution in [3.8, 4) is 11.3 Å². The van der Waals surface area contributed by atoms with Gasteiger partial charge in [0.1, 0.15) is 12.4 Å². The second-order valence-electron chi connectivity index (χ2n) is 4.12. The van der Waals surface area contributed by atoms with E-state index >= 15 is 0 Å². The summed E-state index contributed by atoms with van der Waals surface area (Å²) in [7, 11) is 0. The number of fused-ring (bicyclic) bond motifs is 1. The van der Waals surface area contributed by atoms with Crippen LogP contribution in [-0.2, 0) is 6.54 Å². The van der Waals surface area contributed by atoms with Gasteiger partial charge in [-0.25, -0.2) is 9.50 Å². The van der Waals surface area contributed by atoms with Crippen LogP contribution in [0.3, 0.4) is 0 Å². The molecule has 1 N–H and O–H groups in total. The second-order valence-corrected chi connectivity index (χ2v) is 4.12. The highest BCUT2D eigenvalue weighted by Crippen LogP contribution is 2.19. The predicted molar refractivity (Wildman–Crippen MR) is 67.9 cm³/mol. The Labute approximate surface area is 112 Å². The molecule has 0 aliphatic rings. The van der Waals surface area contributed by atoms with Gasteiger partial charge in [-0.1, -0.05) is 0 Å². The highest BCUT2D eigenvalue weighted by Gasteiger charge is 2.11. The topological polar surface area (TPSA) is 111 Å². The highest BCUT2D eigenvalue weighted by molar-refractivity contribution is 5.62. The van der Waals surface area contributed by atoms with E-state index in [0.29, 0.717) is 17.9 Å². The second kappa shape index (κ2) is 4.70. The van der Waals surface area contributed by atoms with Crippen LogP contribution in [0.2, 0.25) is 0 Å². The molecule has 9 nitrogen and oxygen atoms in total. The van der Waals surface area contributed by atoms with Gasteiger partial charge >= 0.3 is 5.69 Å². The van der Waals surface area contributed by atoms with E-state index < -0.39 is 4.92 Å². The summed E-state index contributed by atoms with van der Waals surface area (Å²) in [5, 5.41) is 27.8. The molecule has 9 heteroatoms. The Bertz CT molecular complexity index is 777. The molecule has 3 aromatic heterocycles. The minimum atomic E-state index is -0.521. The Hall–Kier alpha value is -2.81. The van der Waals surface area contributed by atoms with Crippen molar-refractivity contribution in [2.75, 3.05) is 6.61 Å². The molecule has 102 valence electrons. The van der Waals surface area contributed by atoms with E-state index in [-0.39, 0.29) is 12.3 Å². The molecule has 3 heterocycles. The third-order valence-electron chi connectivity index (χ3n) is 2.77. The number of hydrogen-bond donors (Lipinski definition) is 1. The van der Waals surface area contributed by atoms with E-state index in [4.69, 9.17) is 5.11 Å². The molecule has 0 saturated heterocycles. The van der Waals surface area contributed by atoms with Crippen molar-refractivity contribution in [2.24, 2.45) is 0 Å². The summed E-state index contributed by atoms with van der Waals surface area (Å²) in [6, 6.07) is 1.71. The van der Waals surface area contributed by atoms with E-state index in [9.17, 15) is 10.1 Å². The van der Waals surface area contributed by atoms with Crippen LogP contribution in [0.1, 0.15) is 0 Å². The Morgan fingerprint density at radius 1 is 1.35 bits per heavy atom. The molecule has 0 aromatic carbocycles. The molecule has 0 bridgehead atoms. The molecule has 0 atom stereocenters. The van der Waals surface area contributed by atoms with Gasteiger partial charge in [0.15, 0.2) is 5.65 Å². The fourth-order valence-corrected chi connectivity index (χ4v) is 1.82. The number of rotatable bonds is 4. The standard InChI is InChI=1S/C11H10N6O3/c18-2-1-15-6-8(4-13-15)10-3-11-12-5-9(17(19)20)7-16(11)14-10/h3-7,18H,1-2H2. The maximum absolute atomic E-state index is 10.7. The lowest BCUT2D eigenvalue weighted by Gasteiger charge is -1.93.